The van der Waals surface area contributed by atoms with Crippen molar-refractivity contribution >= 4 is 11.9 Å². The van der Waals surface area contributed by atoms with Crippen molar-refractivity contribution in [1.82, 2.24) is 0 Å². The van der Waals surface area contributed by atoms with Crippen molar-refractivity contribution in [1.29, 1.82) is 0 Å². The number of aliphatic carboxylic acids is 1. The van der Waals surface area contributed by atoms with E-state index in [-0.39, 0.29) is 0 Å². The van der Waals surface area contributed by atoms with Crippen LogP contribution in [-0.4, -0.2) is 54.3 Å². The number of alkyl halides is 13. The first-order chi connectivity index (χ1) is 12.6. The highest BCUT2D eigenvalue weighted by atomic mass is 19.4. The molecule has 0 unspecified atom stereocenters. The summed E-state index contributed by atoms with van der Waals surface area (Å²) < 4.78 is 170. The minimum Gasteiger partial charge on any atom is -0.550 e. The van der Waals surface area contributed by atoms with Crippen LogP contribution in [0.25, 0.3) is 0 Å². The van der Waals surface area contributed by atoms with E-state index in [0.717, 1.165) is 0 Å². The Hall–Kier alpha value is -1.97. The van der Waals surface area contributed by atoms with Crippen molar-refractivity contribution in [2.75, 3.05) is 6.61 Å². The Morgan fingerprint density at radius 3 is 1.45 bits per heavy atom. The number of carbonyl (C=O) groups excluding carboxylic acids is 2. The molecule has 0 bridgehead atoms. The van der Waals surface area contributed by atoms with Crippen LogP contribution in [-0.2, 0) is 14.3 Å². The summed E-state index contributed by atoms with van der Waals surface area (Å²) in [6.07, 6.45) is -12.3. The van der Waals surface area contributed by atoms with Gasteiger partial charge in [0.1, 0.15) is 0 Å². The molecule has 0 rings (SSSR count). The third-order valence-electron chi connectivity index (χ3n) is 3.21. The smallest absolute Gasteiger partial charge is 0.460 e. The number of hydrogen-bond acceptors (Lipinski definition) is 4. The Labute approximate surface area is 151 Å². The Morgan fingerprint density at radius 1 is 0.655 bits per heavy atom. The highest BCUT2D eigenvalue weighted by Crippen LogP contribution is 2.60. The maximum absolute atomic E-state index is 13.3. The standard InChI is InChI=1S/C12H9F13O4/c13-7(14,3-4-29-6(28)2-1-5(26)27)8(15,16)9(17,18)10(19,20)11(21,22)12(23,24)25/h1-4H2,(H,26,27)/p-1. The quantitative estimate of drug-likeness (QED) is 0.369. The van der Waals surface area contributed by atoms with Gasteiger partial charge in [0.2, 0.25) is 0 Å². The molecule has 0 amide bonds. The van der Waals surface area contributed by atoms with Crippen LogP contribution < -0.4 is 5.11 Å². The summed E-state index contributed by atoms with van der Waals surface area (Å²) in [7, 11) is 0. The van der Waals surface area contributed by atoms with E-state index in [4.69, 9.17) is 0 Å². The Bertz CT molecular complexity index is 611. The van der Waals surface area contributed by atoms with Crippen molar-refractivity contribution < 1.29 is 76.5 Å². The van der Waals surface area contributed by atoms with E-state index in [1.807, 2.05) is 0 Å². The molecule has 0 aliphatic carbocycles. The molecule has 17 heteroatoms. The van der Waals surface area contributed by atoms with Gasteiger partial charge in [0.05, 0.1) is 19.4 Å². The van der Waals surface area contributed by atoms with Gasteiger partial charge in [0.15, 0.2) is 0 Å². The first-order valence-corrected chi connectivity index (χ1v) is 6.87. The second kappa shape index (κ2) is 8.04. The Kier molecular flexibility index (Phi) is 7.50. The van der Waals surface area contributed by atoms with Gasteiger partial charge < -0.3 is 14.6 Å². The molecular formula is C12H8F13O4-. The van der Waals surface area contributed by atoms with E-state index in [1.165, 1.54) is 0 Å². The second-order valence-electron chi connectivity index (χ2n) is 5.34. The van der Waals surface area contributed by atoms with Crippen LogP contribution in [0, 0.1) is 0 Å². The molecule has 172 valence electrons. The van der Waals surface area contributed by atoms with Gasteiger partial charge in [0, 0.05) is 5.97 Å². The molecule has 0 aliphatic heterocycles. The maximum atomic E-state index is 13.3. The first kappa shape index (κ1) is 27.0. The molecule has 0 heterocycles. The number of ether oxygens (including phenoxy) is 1. The monoisotopic (exact) mass is 463 g/mol. The molecule has 29 heavy (non-hydrogen) atoms. The van der Waals surface area contributed by atoms with Gasteiger partial charge in [-0.05, 0) is 6.42 Å². The summed E-state index contributed by atoms with van der Waals surface area (Å²) >= 11 is 0. The number of carboxylic acid groups (broad SMARTS) is 1. The van der Waals surface area contributed by atoms with Crippen LogP contribution in [0.3, 0.4) is 0 Å². The average molecular weight is 463 g/mol. The molecule has 0 fully saturated rings. The van der Waals surface area contributed by atoms with Crippen molar-refractivity contribution in [3.8, 4) is 0 Å². The highest BCUT2D eigenvalue weighted by molar-refractivity contribution is 5.75. The summed E-state index contributed by atoms with van der Waals surface area (Å²) in [6, 6.07) is 0. The molecule has 4 nitrogen and oxygen atoms in total. The number of carboxylic acids is 1. The predicted molar refractivity (Wildman–Crippen MR) is 60.6 cm³/mol. The van der Waals surface area contributed by atoms with Crippen molar-refractivity contribution in [3.63, 3.8) is 0 Å². The number of esters is 1. The summed E-state index contributed by atoms with van der Waals surface area (Å²) in [5.74, 6) is -41.1. The zero-order chi connectivity index (χ0) is 23.7. The third kappa shape index (κ3) is 4.96. The van der Waals surface area contributed by atoms with Crippen LogP contribution in [0.15, 0.2) is 0 Å². The normalized spacial score (nSPS) is 14.7. The van der Waals surface area contributed by atoms with E-state index in [1.54, 1.807) is 0 Å². The minimum absolute atomic E-state index is 1.04. The molecule has 0 radical (unpaired) electrons. The molecule has 0 aromatic rings. The highest BCUT2D eigenvalue weighted by Gasteiger charge is 2.90. The lowest BCUT2D eigenvalue weighted by Crippen LogP contribution is -2.70. The topological polar surface area (TPSA) is 66.4 Å². The Morgan fingerprint density at radius 2 is 1.07 bits per heavy atom. The first-order valence-electron chi connectivity index (χ1n) is 6.87. The second-order valence-corrected chi connectivity index (χ2v) is 5.34. The lowest BCUT2D eigenvalue weighted by atomic mass is 9.93. The lowest BCUT2D eigenvalue weighted by Gasteiger charge is -2.39. The molecule has 0 atom stereocenters. The van der Waals surface area contributed by atoms with Gasteiger partial charge in [-0.25, -0.2) is 0 Å². The van der Waals surface area contributed by atoms with Crippen molar-refractivity contribution in [2.24, 2.45) is 0 Å². The van der Waals surface area contributed by atoms with Crippen LogP contribution in [0.1, 0.15) is 19.3 Å². The van der Waals surface area contributed by atoms with Crippen LogP contribution in [0.2, 0.25) is 0 Å². The van der Waals surface area contributed by atoms with Crippen LogP contribution >= 0.6 is 0 Å². The van der Waals surface area contributed by atoms with Crippen molar-refractivity contribution in [3.05, 3.63) is 0 Å². The van der Waals surface area contributed by atoms with Gasteiger partial charge in [-0.1, -0.05) is 0 Å². The Balaban J connectivity index is 5.55. The maximum Gasteiger partial charge on any atom is 0.460 e. The van der Waals surface area contributed by atoms with Gasteiger partial charge in [-0.15, -0.1) is 0 Å². The largest absolute Gasteiger partial charge is 0.550 e. The van der Waals surface area contributed by atoms with Crippen LogP contribution in [0.4, 0.5) is 57.1 Å². The average Bonchev–Trinajstić information content (AvgIpc) is 2.50. The number of hydrogen-bond donors (Lipinski definition) is 0. The molecule has 0 aromatic carbocycles. The zero-order valence-corrected chi connectivity index (χ0v) is 13.4. The van der Waals surface area contributed by atoms with E-state index >= 15 is 0 Å². The summed E-state index contributed by atoms with van der Waals surface area (Å²) in [5, 5.41) is 9.99. The molecule has 0 saturated heterocycles. The molecule has 0 aromatic heterocycles. The molecule has 0 N–H and O–H groups in total. The number of rotatable bonds is 10. The third-order valence-corrected chi connectivity index (χ3v) is 3.21. The molecule has 0 saturated carbocycles. The zero-order valence-electron chi connectivity index (χ0n) is 13.4. The molecule has 0 spiro atoms. The van der Waals surface area contributed by atoms with Gasteiger partial charge in [-0.3, -0.25) is 4.79 Å². The van der Waals surface area contributed by atoms with Gasteiger partial charge >= 0.3 is 41.8 Å². The lowest BCUT2D eigenvalue weighted by molar-refractivity contribution is -0.440. The van der Waals surface area contributed by atoms with E-state index in [9.17, 15) is 71.8 Å². The fourth-order valence-corrected chi connectivity index (χ4v) is 1.53. The molecule has 0 aliphatic rings. The number of carbonyl (C=O) groups is 2. The van der Waals surface area contributed by atoms with E-state index in [0.29, 0.717) is 0 Å². The van der Waals surface area contributed by atoms with E-state index in [2.05, 4.69) is 4.74 Å². The van der Waals surface area contributed by atoms with Crippen LogP contribution in [0.5, 0.6) is 0 Å². The van der Waals surface area contributed by atoms with Gasteiger partial charge in [0.25, 0.3) is 0 Å². The fourth-order valence-electron chi connectivity index (χ4n) is 1.53. The van der Waals surface area contributed by atoms with Gasteiger partial charge in [-0.2, -0.15) is 57.1 Å². The SMILES string of the molecule is O=C([O-])CCC(=O)OCCC(F)(F)C(F)(F)C(F)(F)C(F)(F)C(F)(F)C(F)(F)F. The summed E-state index contributed by atoms with van der Waals surface area (Å²) in [6.45, 7) is -1.92. The fraction of sp³-hybridized carbons (Fsp3) is 0.833. The predicted octanol–water partition coefficient (Wildman–Crippen LogP) is 3.19. The summed E-state index contributed by atoms with van der Waals surface area (Å²) in [4.78, 5) is 20.8. The van der Waals surface area contributed by atoms with Crippen molar-refractivity contribution in [2.45, 2.75) is 55.1 Å². The summed E-state index contributed by atoms with van der Waals surface area (Å²) in [5.41, 5.74) is 0. The number of halogens is 13. The minimum atomic E-state index is -8.00. The van der Waals surface area contributed by atoms with E-state index < -0.39 is 73.6 Å². The molecular weight excluding hydrogens is 455 g/mol.